The van der Waals surface area contributed by atoms with Crippen LogP contribution in [0.1, 0.15) is 36.5 Å². The van der Waals surface area contributed by atoms with Crippen LogP contribution >= 0.6 is 0 Å². The van der Waals surface area contributed by atoms with E-state index < -0.39 is 47.3 Å². The minimum absolute atomic E-state index is 0.0282. The first-order valence-corrected chi connectivity index (χ1v) is 16.1. The molecule has 3 aromatic carbocycles. The molecule has 12 heteroatoms. The van der Waals surface area contributed by atoms with E-state index in [2.05, 4.69) is 29.6 Å². The van der Waals surface area contributed by atoms with Gasteiger partial charge >= 0.3 is 0 Å². The Bertz CT molecular complexity index is 1820. The molecule has 1 aliphatic heterocycles. The Labute approximate surface area is 267 Å². The van der Waals surface area contributed by atoms with E-state index in [0.29, 0.717) is 28.1 Å². The molecule has 0 bridgehead atoms. The lowest BCUT2D eigenvalue weighted by atomic mass is 9.95. The third-order valence-corrected chi connectivity index (χ3v) is 9.22. The van der Waals surface area contributed by atoms with Crippen LogP contribution < -0.4 is 9.46 Å². The Morgan fingerprint density at radius 2 is 1.57 bits per heavy atom. The number of hydrogen-bond donors (Lipinski definition) is 5. The van der Waals surface area contributed by atoms with Gasteiger partial charge in [-0.2, -0.15) is 5.26 Å². The average molecular weight is 646 g/mol. The fourth-order valence-corrected chi connectivity index (χ4v) is 6.11. The van der Waals surface area contributed by atoms with Crippen molar-refractivity contribution >= 4 is 15.7 Å². The zero-order valence-corrected chi connectivity index (χ0v) is 26.2. The fraction of sp³-hybridized carbons (Fsp3) is 0.294. The predicted octanol–water partition coefficient (Wildman–Crippen LogP) is 3.70. The second-order valence-corrected chi connectivity index (χ2v) is 13.1. The van der Waals surface area contributed by atoms with Crippen molar-refractivity contribution in [1.29, 1.82) is 5.26 Å². The largest absolute Gasteiger partial charge is 0.444 e. The van der Waals surface area contributed by atoms with E-state index in [4.69, 9.17) is 9.47 Å². The van der Waals surface area contributed by atoms with E-state index in [9.17, 15) is 34.1 Å². The first-order chi connectivity index (χ1) is 21.9. The summed E-state index contributed by atoms with van der Waals surface area (Å²) in [6.45, 7) is 5.34. The molecule has 0 saturated carbocycles. The summed E-state index contributed by atoms with van der Waals surface area (Å²) in [7, 11) is -3.83. The molecule has 1 aliphatic rings. The van der Waals surface area contributed by atoms with Gasteiger partial charge in [0.1, 0.15) is 36.0 Å². The molecule has 5 rings (SSSR count). The molecule has 0 aliphatic carbocycles. The van der Waals surface area contributed by atoms with Crippen molar-refractivity contribution in [3.05, 3.63) is 95.6 Å². The van der Waals surface area contributed by atoms with Crippen LogP contribution in [0.25, 0.3) is 22.4 Å². The molecule has 0 spiro atoms. The number of benzene rings is 3. The maximum Gasteiger partial charge on any atom is 0.261 e. The molecular formula is C34H35N3O8S. The number of aryl methyl sites for hydroxylation is 1. The van der Waals surface area contributed by atoms with Crippen LogP contribution in [0.3, 0.4) is 0 Å². The van der Waals surface area contributed by atoms with Gasteiger partial charge in [-0.05, 0) is 54.3 Å². The highest BCUT2D eigenvalue weighted by atomic mass is 32.2. The number of nitrogens with zero attached hydrogens (tertiary/aromatic N) is 2. The van der Waals surface area contributed by atoms with E-state index in [1.54, 1.807) is 42.5 Å². The lowest BCUT2D eigenvalue weighted by Crippen LogP contribution is -2.60. The number of nitriles is 1. The van der Waals surface area contributed by atoms with Gasteiger partial charge in [0.15, 0.2) is 0 Å². The topological polar surface area (TPSA) is 182 Å². The molecule has 0 unspecified atom stereocenters. The summed E-state index contributed by atoms with van der Waals surface area (Å²) in [6.07, 6.45) is -7.80. The van der Waals surface area contributed by atoms with Crippen LogP contribution in [0.15, 0.2) is 83.8 Å². The Morgan fingerprint density at radius 3 is 2.15 bits per heavy atom. The lowest BCUT2D eigenvalue weighted by molar-refractivity contribution is -0.278. The number of pyridine rings is 1. The molecule has 4 aromatic rings. The number of rotatable bonds is 9. The van der Waals surface area contributed by atoms with Gasteiger partial charge in [-0.15, -0.1) is 0 Å². The number of aromatic nitrogens is 1. The maximum absolute atomic E-state index is 12.9. The molecule has 0 radical (unpaired) electrons. The highest BCUT2D eigenvalue weighted by molar-refractivity contribution is 7.92. The van der Waals surface area contributed by atoms with E-state index in [-0.39, 0.29) is 22.3 Å². The van der Waals surface area contributed by atoms with Gasteiger partial charge in [0.2, 0.25) is 12.2 Å². The zero-order chi connectivity index (χ0) is 33.2. The van der Waals surface area contributed by atoms with Crippen molar-refractivity contribution < 1.29 is 38.3 Å². The second kappa shape index (κ2) is 13.6. The van der Waals surface area contributed by atoms with Gasteiger partial charge in [0.25, 0.3) is 10.0 Å². The Kier molecular flexibility index (Phi) is 9.74. The van der Waals surface area contributed by atoms with Gasteiger partial charge < -0.3 is 29.9 Å². The maximum atomic E-state index is 12.9. The number of sulfonamides is 1. The van der Waals surface area contributed by atoms with Crippen LogP contribution in [0.5, 0.6) is 5.88 Å². The summed E-state index contributed by atoms with van der Waals surface area (Å²) < 4.78 is 39.8. The van der Waals surface area contributed by atoms with Crippen molar-refractivity contribution in [3.8, 4) is 34.3 Å². The van der Waals surface area contributed by atoms with E-state index in [1.807, 2.05) is 31.2 Å². The third kappa shape index (κ3) is 6.90. The van der Waals surface area contributed by atoms with Gasteiger partial charge in [0.05, 0.1) is 17.2 Å². The SMILES string of the molecule is Cc1ccc(S(=O)(=O)Nc2ccc(-c3cc(-c4ccc(C(C)C)cc4)c(C#N)c(O[C@@H]4O[C@H](CO)[C@H](O)[C@H](O)[C@H]4O)n3)cc2)cc1. The van der Waals surface area contributed by atoms with Crippen LogP contribution in [-0.2, 0) is 14.8 Å². The molecule has 46 heavy (non-hydrogen) atoms. The minimum Gasteiger partial charge on any atom is -0.444 e. The first kappa shape index (κ1) is 33.0. The third-order valence-electron chi connectivity index (χ3n) is 7.83. The summed E-state index contributed by atoms with van der Waals surface area (Å²) in [5.41, 5.74) is 4.44. The van der Waals surface area contributed by atoms with Crippen LogP contribution in [-0.4, -0.2) is 71.1 Å². The van der Waals surface area contributed by atoms with Crippen LogP contribution in [0.4, 0.5) is 5.69 Å². The molecule has 2 heterocycles. The van der Waals surface area contributed by atoms with E-state index in [0.717, 1.165) is 11.1 Å². The van der Waals surface area contributed by atoms with Crippen LogP contribution in [0.2, 0.25) is 0 Å². The van der Waals surface area contributed by atoms with Crippen LogP contribution in [0, 0.1) is 18.3 Å². The van der Waals surface area contributed by atoms with Gasteiger partial charge in [-0.25, -0.2) is 13.4 Å². The van der Waals surface area contributed by atoms with Crippen molar-refractivity contribution in [2.45, 2.75) is 62.3 Å². The Morgan fingerprint density at radius 1 is 0.935 bits per heavy atom. The second-order valence-electron chi connectivity index (χ2n) is 11.4. The smallest absolute Gasteiger partial charge is 0.261 e. The van der Waals surface area contributed by atoms with Crippen molar-refractivity contribution in [2.24, 2.45) is 0 Å². The van der Waals surface area contributed by atoms with Crippen molar-refractivity contribution in [2.75, 3.05) is 11.3 Å². The number of hydrogen-bond acceptors (Lipinski definition) is 10. The molecule has 5 atom stereocenters. The van der Waals surface area contributed by atoms with Gasteiger partial charge in [0, 0.05) is 16.8 Å². The monoisotopic (exact) mass is 645 g/mol. The summed E-state index contributed by atoms with van der Waals surface area (Å²) in [5.74, 6) is 0.0703. The molecule has 1 aromatic heterocycles. The predicted molar refractivity (Wildman–Crippen MR) is 170 cm³/mol. The standard InChI is InChI=1S/C34H35N3O8S/c1-19(2)21-6-8-22(9-7-21)26-16-28(23-10-12-24(13-11-23)37-46(42,43)25-14-4-20(3)5-15-25)36-33(27(26)17-35)45-34-32(41)31(40)30(39)29(18-38)44-34/h4-16,19,29-32,34,37-41H,18H2,1-3H3/t29-,30+,31+,32-,34+/m1/s1. The van der Waals surface area contributed by atoms with E-state index in [1.165, 1.54) is 12.1 Å². The van der Waals surface area contributed by atoms with Gasteiger partial charge in [-0.3, -0.25) is 4.72 Å². The number of ether oxygens (including phenoxy) is 2. The highest BCUT2D eigenvalue weighted by Gasteiger charge is 2.45. The first-order valence-electron chi connectivity index (χ1n) is 14.6. The van der Waals surface area contributed by atoms with Gasteiger partial charge in [-0.1, -0.05) is 67.9 Å². The fourth-order valence-electron chi connectivity index (χ4n) is 5.05. The number of aliphatic hydroxyl groups is 4. The Balaban J connectivity index is 1.54. The molecule has 1 saturated heterocycles. The summed E-state index contributed by atoms with van der Waals surface area (Å²) >= 11 is 0. The number of aliphatic hydroxyl groups excluding tert-OH is 4. The summed E-state index contributed by atoms with van der Waals surface area (Å²) in [5, 5.41) is 51.0. The zero-order valence-electron chi connectivity index (χ0n) is 25.4. The number of anilines is 1. The summed E-state index contributed by atoms with van der Waals surface area (Å²) in [6, 6.07) is 24.4. The quantitative estimate of drug-likeness (QED) is 0.180. The molecule has 0 amide bonds. The lowest BCUT2D eigenvalue weighted by Gasteiger charge is -2.39. The molecule has 11 nitrogen and oxygen atoms in total. The minimum atomic E-state index is -3.83. The van der Waals surface area contributed by atoms with Crippen molar-refractivity contribution in [3.63, 3.8) is 0 Å². The molecular weight excluding hydrogens is 610 g/mol. The average Bonchev–Trinajstić information content (AvgIpc) is 3.05. The molecule has 240 valence electrons. The Hall–Kier alpha value is -4.35. The normalized spacial score (nSPS) is 21.5. The van der Waals surface area contributed by atoms with E-state index >= 15 is 0 Å². The highest BCUT2D eigenvalue weighted by Crippen LogP contribution is 2.36. The molecule has 5 N–H and O–H groups in total. The van der Waals surface area contributed by atoms with Crippen molar-refractivity contribution in [1.82, 2.24) is 4.98 Å². The number of nitrogens with one attached hydrogen (secondary N) is 1. The molecule has 1 fully saturated rings. The summed E-state index contributed by atoms with van der Waals surface area (Å²) in [4.78, 5) is 4.67.